The maximum absolute atomic E-state index is 12.4. The fourth-order valence-electron chi connectivity index (χ4n) is 3.84. The van der Waals surface area contributed by atoms with Crippen molar-refractivity contribution in [2.75, 3.05) is 13.3 Å². The summed E-state index contributed by atoms with van der Waals surface area (Å²) < 4.78 is 13.0. The van der Waals surface area contributed by atoms with Crippen LogP contribution in [-0.4, -0.2) is 23.8 Å². The van der Waals surface area contributed by atoms with Gasteiger partial charge in [-0.25, -0.2) is 0 Å². The van der Waals surface area contributed by atoms with Crippen LogP contribution in [0.3, 0.4) is 0 Å². The zero-order valence-electron chi connectivity index (χ0n) is 13.6. The Labute approximate surface area is 149 Å². The van der Waals surface area contributed by atoms with Crippen molar-refractivity contribution >= 4 is 28.4 Å². The van der Waals surface area contributed by atoms with Crippen LogP contribution in [0.25, 0.3) is 22.0 Å². The number of carbonyl (C=O) groups is 1. The molecule has 2 aliphatic heterocycles. The van der Waals surface area contributed by atoms with Gasteiger partial charge >= 0.3 is 0 Å². The molecule has 126 valence electrons. The predicted molar refractivity (Wildman–Crippen MR) is 95.6 cm³/mol. The van der Waals surface area contributed by atoms with Gasteiger partial charge in [0, 0.05) is 34.6 Å². The molecule has 2 aromatic carbocycles. The summed E-state index contributed by atoms with van der Waals surface area (Å²) in [6.45, 7) is 3.60. The summed E-state index contributed by atoms with van der Waals surface area (Å²) in [6, 6.07) is 9.70. The summed E-state index contributed by atoms with van der Waals surface area (Å²) in [6.07, 6.45) is 0. The van der Waals surface area contributed by atoms with Crippen molar-refractivity contribution in [2.45, 2.75) is 13.5 Å². The Kier molecular flexibility index (Phi) is 3.03. The summed E-state index contributed by atoms with van der Waals surface area (Å²) in [5.74, 6) is 1.41. The number of amides is 1. The molecule has 3 heterocycles. The van der Waals surface area contributed by atoms with Gasteiger partial charge in [-0.15, -0.1) is 0 Å². The van der Waals surface area contributed by atoms with E-state index in [1.54, 1.807) is 0 Å². The number of rotatable bonds is 1. The van der Waals surface area contributed by atoms with Crippen LogP contribution in [0.2, 0.25) is 5.02 Å². The molecule has 6 heteroatoms. The van der Waals surface area contributed by atoms with E-state index in [9.17, 15) is 4.79 Å². The molecule has 1 aromatic heterocycles. The zero-order valence-corrected chi connectivity index (χ0v) is 14.3. The van der Waals surface area contributed by atoms with E-state index >= 15 is 0 Å². The Morgan fingerprint density at radius 2 is 2.00 bits per heavy atom. The van der Waals surface area contributed by atoms with Crippen molar-refractivity contribution in [1.29, 1.82) is 0 Å². The van der Waals surface area contributed by atoms with E-state index in [1.807, 2.05) is 37.3 Å². The maximum atomic E-state index is 12.4. The van der Waals surface area contributed by atoms with E-state index in [0.717, 1.165) is 39.9 Å². The predicted octanol–water partition coefficient (Wildman–Crippen LogP) is 3.74. The number of fused-ring (bicyclic) bond motifs is 4. The highest BCUT2D eigenvalue weighted by Gasteiger charge is 2.26. The Balaban J connectivity index is 1.84. The lowest BCUT2D eigenvalue weighted by Gasteiger charge is -2.17. The monoisotopic (exact) mass is 354 g/mol. The van der Waals surface area contributed by atoms with Crippen LogP contribution in [-0.2, 0) is 6.54 Å². The number of halogens is 1. The van der Waals surface area contributed by atoms with Crippen LogP contribution in [0, 0.1) is 6.92 Å². The Morgan fingerprint density at radius 3 is 2.88 bits per heavy atom. The van der Waals surface area contributed by atoms with Crippen LogP contribution in [0.5, 0.6) is 11.5 Å². The number of ether oxygens (including phenoxy) is 2. The Morgan fingerprint density at radius 1 is 1.16 bits per heavy atom. The lowest BCUT2D eigenvalue weighted by molar-refractivity contribution is 0.0928. The zero-order chi connectivity index (χ0) is 17.1. The summed E-state index contributed by atoms with van der Waals surface area (Å²) in [4.78, 5) is 12.4. The van der Waals surface area contributed by atoms with Gasteiger partial charge in [-0.3, -0.25) is 4.79 Å². The van der Waals surface area contributed by atoms with Gasteiger partial charge in [-0.1, -0.05) is 17.7 Å². The second-order valence-corrected chi connectivity index (χ2v) is 6.67. The molecule has 0 saturated carbocycles. The average molecular weight is 355 g/mol. The minimum absolute atomic E-state index is 0.0345. The average Bonchev–Trinajstić information content (AvgIpc) is 3.18. The normalized spacial score (nSPS) is 15.4. The van der Waals surface area contributed by atoms with Gasteiger partial charge in [0.05, 0.1) is 0 Å². The van der Waals surface area contributed by atoms with Crippen LogP contribution < -0.4 is 14.8 Å². The van der Waals surface area contributed by atoms with Gasteiger partial charge in [0.15, 0.2) is 11.5 Å². The van der Waals surface area contributed by atoms with Crippen molar-refractivity contribution in [2.24, 2.45) is 0 Å². The highest BCUT2D eigenvalue weighted by molar-refractivity contribution is 6.35. The number of aryl methyl sites for hydroxylation is 1. The topological polar surface area (TPSA) is 52.5 Å². The number of hydrogen-bond acceptors (Lipinski definition) is 3. The number of benzene rings is 2. The third-order valence-corrected chi connectivity index (χ3v) is 5.24. The summed E-state index contributed by atoms with van der Waals surface area (Å²) >= 11 is 6.58. The van der Waals surface area contributed by atoms with Crippen LogP contribution in [0.1, 0.15) is 16.1 Å². The van der Waals surface area contributed by atoms with Crippen molar-refractivity contribution < 1.29 is 14.3 Å². The van der Waals surface area contributed by atoms with Crippen LogP contribution in [0.15, 0.2) is 30.3 Å². The molecule has 5 rings (SSSR count). The maximum Gasteiger partial charge on any atom is 0.268 e. The van der Waals surface area contributed by atoms with E-state index in [2.05, 4.69) is 9.88 Å². The van der Waals surface area contributed by atoms with Crippen molar-refractivity contribution in [3.8, 4) is 22.6 Å². The lowest BCUT2D eigenvalue weighted by atomic mass is 9.98. The fourth-order valence-corrected chi connectivity index (χ4v) is 4.10. The molecule has 0 atom stereocenters. The molecule has 0 saturated heterocycles. The van der Waals surface area contributed by atoms with E-state index in [-0.39, 0.29) is 12.7 Å². The van der Waals surface area contributed by atoms with Gasteiger partial charge in [0.2, 0.25) is 6.79 Å². The van der Waals surface area contributed by atoms with Gasteiger partial charge in [0.25, 0.3) is 5.91 Å². The molecular formula is C19H15ClN2O3. The van der Waals surface area contributed by atoms with E-state index in [1.165, 1.54) is 0 Å². The fraction of sp³-hybridized carbons (Fsp3) is 0.211. The molecular weight excluding hydrogens is 340 g/mol. The first-order valence-corrected chi connectivity index (χ1v) is 8.52. The molecule has 0 aliphatic carbocycles. The molecule has 0 spiro atoms. The van der Waals surface area contributed by atoms with Gasteiger partial charge in [-0.05, 0) is 42.3 Å². The highest BCUT2D eigenvalue weighted by atomic mass is 35.5. The molecule has 2 aliphatic rings. The van der Waals surface area contributed by atoms with Crippen molar-refractivity contribution in [3.05, 3.63) is 46.6 Å². The smallest absolute Gasteiger partial charge is 0.268 e. The molecule has 0 fully saturated rings. The number of carbonyl (C=O) groups excluding carboxylic acids is 1. The second kappa shape index (κ2) is 5.17. The standard InChI is InChI=1S/C19H15ClN2O3/c1-10-16-13(22-7-6-21-19(23)18(10)22)4-3-12(20)17(16)11-2-5-14-15(8-11)25-9-24-14/h2-5,8H,6-7,9H2,1H3,(H,21,23). The van der Waals surface area contributed by atoms with Gasteiger partial charge in [-0.2, -0.15) is 0 Å². The molecule has 5 nitrogen and oxygen atoms in total. The molecule has 0 bridgehead atoms. The molecule has 0 unspecified atom stereocenters. The molecule has 0 radical (unpaired) electrons. The van der Waals surface area contributed by atoms with Gasteiger partial charge < -0.3 is 19.4 Å². The van der Waals surface area contributed by atoms with Crippen LogP contribution in [0.4, 0.5) is 0 Å². The number of nitrogens with zero attached hydrogens (tertiary/aromatic N) is 1. The number of aromatic nitrogens is 1. The third kappa shape index (κ3) is 1.99. The highest BCUT2D eigenvalue weighted by Crippen LogP contribution is 2.43. The second-order valence-electron chi connectivity index (χ2n) is 6.27. The lowest BCUT2D eigenvalue weighted by Crippen LogP contribution is -2.35. The Hall–Kier alpha value is -2.66. The number of hydrogen-bond donors (Lipinski definition) is 1. The quantitative estimate of drug-likeness (QED) is 0.724. The molecule has 3 aromatic rings. The Bertz CT molecular complexity index is 1050. The van der Waals surface area contributed by atoms with Crippen molar-refractivity contribution in [1.82, 2.24) is 9.88 Å². The summed E-state index contributed by atoms with van der Waals surface area (Å²) in [7, 11) is 0. The minimum atomic E-state index is -0.0345. The number of nitrogens with one attached hydrogen (secondary N) is 1. The van der Waals surface area contributed by atoms with Gasteiger partial charge in [0.1, 0.15) is 5.69 Å². The molecule has 25 heavy (non-hydrogen) atoms. The first-order valence-electron chi connectivity index (χ1n) is 8.14. The van der Waals surface area contributed by atoms with E-state index in [4.69, 9.17) is 21.1 Å². The third-order valence-electron chi connectivity index (χ3n) is 4.92. The first kappa shape index (κ1) is 14.7. The summed E-state index contributed by atoms with van der Waals surface area (Å²) in [5.41, 5.74) is 4.56. The largest absolute Gasteiger partial charge is 0.454 e. The molecule has 1 amide bonds. The molecule has 1 N–H and O–H groups in total. The van der Waals surface area contributed by atoms with Crippen molar-refractivity contribution in [3.63, 3.8) is 0 Å². The minimum Gasteiger partial charge on any atom is -0.454 e. The summed E-state index contributed by atoms with van der Waals surface area (Å²) in [5, 5.41) is 4.58. The van der Waals surface area contributed by atoms with E-state index in [0.29, 0.717) is 23.0 Å². The van der Waals surface area contributed by atoms with Crippen LogP contribution >= 0.6 is 11.6 Å². The SMILES string of the molecule is Cc1c2n(c3ccc(Cl)c(-c4ccc5c(c4)OCO5)c13)CCNC2=O. The van der Waals surface area contributed by atoms with E-state index < -0.39 is 0 Å². The first-order chi connectivity index (χ1) is 12.1.